The Labute approximate surface area is 97.9 Å². The average Bonchev–Trinajstić information content (AvgIpc) is 2.30. The SMILES string of the molecule is COCC(CNc1nc(N)c(F)cc1F)OC. The van der Waals surface area contributed by atoms with Crippen LogP contribution < -0.4 is 11.1 Å². The number of nitrogens with two attached hydrogens (primary N) is 1. The highest BCUT2D eigenvalue weighted by Gasteiger charge is 2.12. The zero-order chi connectivity index (χ0) is 12.8. The van der Waals surface area contributed by atoms with Crippen molar-refractivity contribution in [2.45, 2.75) is 6.10 Å². The summed E-state index contributed by atoms with van der Waals surface area (Å²) in [4.78, 5) is 3.56. The number of pyridine rings is 1. The number of methoxy groups -OCH3 is 2. The molecule has 3 N–H and O–H groups in total. The van der Waals surface area contributed by atoms with Crippen LogP contribution in [0.1, 0.15) is 0 Å². The van der Waals surface area contributed by atoms with E-state index in [1.54, 1.807) is 0 Å². The molecule has 0 bridgehead atoms. The number of nitrogen functional groups attached to an aromatic ring is 1. The number of aromatic nitrogens is 1. The van der Waals surface area contributed by atoms with Gasteiger partial charge in [-0.2, -0.15) is 0 Å². The summed E-state index contributed by atoms with van der Waals surface area (Å²) in [5.41, 5.74) is 5.24. The number of anilines is 2. The lowest BCUT2D eigenvalue weighted by atomic mass is 10.3. The van der Waals surface area contributed by atoms with E-state index < -0.39 is 11.6 Å². The summed E-state index contributed by atoms with van der Waals surface area (Å²) in [6, 6.07) is 0.683. The third kappa shape index (κ3) is 3.79. The van der Waals surface area contributed by atoms with E-state index in [9.17, 15) is 8.78 Å². The normalized spacial score (nSPS) is 12.5. The molecule has 1 rings (SSSR count). The van der Waals surface area contributed by atoms with Crippen molar-refractivity contribution in [1.29, 1.82) is 0 Å². The van der Waals surface area contributed by atoms with Crippen molar-refractivity contribution in [2.75, 3.05) is 38.4 Å². The average molecular weight is 247 g/mol. The zero-order valence-corrected chi connectivity index (χ0v) is 9.67. The van der Waals surface area contributed by atoms with Gasteiger partial charge in [-0.1, -0.05) is 0 Å². The van der Waals surface area contributed by atoms with Crippen LogP contribution in [0.4, 0.5) is 20.4 Å². The molecule has 5 nitrogen and oxygen atoms in total. The van der Waals surface area contributed by atoms with E-state index in [2.05, 4.69) is 10.3 Å². The monoisotopic (exact) mass is 247 g/mol. The Bertz CT molecular complexity index is 377. The van der Waals surface area contributed by atoms with Gasteiger partial charge in [-0.05, 0) is 0 Å². The number of rotatable bonds is 6. The third-order valence-corrected chi connectivity index (χ3v) is 2.14. The molecule has 0 spiro atoms. The van der Waals surface area contributed by atoms with E-state index in [0.717, 1.165) is 0 Å². The lowest BCUT2D eigenvalue weighted by Crippen LogP contribution is -2.27. The standard InChI is InChI=1S/C10H15F2N3O2/c1-16-5-6(17-2)4-14-10-8(12)3-7(11)9(13)15-10/h3,6H,4-5H2,1-2H3,(H3,13,14,15). The number of hydrogen-bond donors (Lipinski definition) is 2. The molecular weight excluding hydrogens is 232 g/mol. The number of nitrogens with one attached hydrogen (secondary N) is 1. The zero-order valence-electron chi connectivity index (χ0n) is 9.67. The molecular formula is C10H15F2N3O2. The van der Waals surface area contributed by atoms with Crippen molar-refractivity contribution >= 4 is 11.6 Å². The topological polar surface area (TPSA) is 69.4 Å². The molecule has 0 radical (unpaired) electrons. The molecule has 1 heterocycles. The Balaban J connectivity index is 2.65. The fourth-order valence-electron chi connectivity index (χ4n) is 1.21. The van der Waals surface area contributed by atoms with Crippen LogP contribution in [-0.4, -0.2) is 38.5 Å². The largest absolute Gasteiger partial charge is 0.382 e. The van der Waals surface area contributed by atoms with Crippen LogP contribution in [0.5, 0.6) is 0 Å². The second-order valence-electron chi connectivity index (χ2n) is 3.38. The lowest BCUT2D eigenvalue weighted by molar-refractivity contribution is 0.0365. The molecule has 96 valence electrons. The Morgan fingerprint density at radius 2 is 2.12 bits per heavy atom. The first-order valence-electron chi connectivity index (χ1n) is 4.95. The Morgan fingerprint density at radius 3 is 2.71 bits per heavy atom. The van der Waals surface area contributed by atoms with Crippen LogP contribution in [0, 0.1) is 11.6 Å². The van der Waals surface area contributed by atoms with Crippen molar-refractivity contribution in [2.24, 2.45) is 0 Å². The molecule has 0 aliphatic rings. The summed E-state index contributed by atoms with van der Waals surface area (Å²) < 4.78 is 36.1. The number of ether oxygens (including phenoxy) is 2. The molecule has 0 saturated heterocycles. The highest BCUT2D eigenvalue weighted by molar-refractivity contribution is 5.44. The maximum absolute atomic E-state index is 13.3. The fraction of sp³-hybridized carbons (Fsp3) is 0.500. The van der Waals surface area contributed by atoms with E-state index in [1.165, 1.54) is 14.2 Å². The quantitative estimate of drug-likeness (QED) is 0.785. The molecule has 1 aromatic rings. The predicted octanol–water partition coefficient (Wildman–Crippen LogP) is 1.02. The lowest BCUT2D eigenvalue weighted by Gasteiger charge is -2.15. The number of hydrogen-bond acceptors (Lipinski definition) is 5. The van der Waals surface area contributed by atoms with Crippen molar-refractivity contribution < 1.29 is 18.3 Å². The van der Waals surface area contributed by atoms with Crippen LogP contribution >= 0.6 is 0 Å². The summed E-state index contributed by atoms with van der Waals surface area (Å²) in [6.45, 7) is 0.626. The molecule has 17 heavy (non-hydrogen) atoms. The smallest absolute Gasteiger partial charge is 0.168 e. The highest BCUT2D eigenvalue weighted by Crippen LogP contribution is 2.16. The van der Waals surface area contributed by atoms with Crippen LogP contribution in [-0.2, 0) is 9.47 Å². The molecule has 1 unspecified atom stereocenters. The first kappa shape index (κ1) is 13.6. The van der Waals surface area contributed by atoms with Crippen LogP contribution in [0.2, 0.25) is 0 Å². The maximum atomic E-state index is 13.3. The van der Waals surface area contributed by atoms with E-state index in [4.69, 9.17) is 15.2 Å². The van der Waals surface area contributed by atoms with Gasteiger partial charge in [0.05, 0.1) is 12.7 Å². The Hall–Kier alpha value is -1.47. The van der Waals surface area contributed by atoms with Gasteiger partial charge in [0, 0.05) is 26.8 Å². The molecule has 7 heteroatoms. The van der Waals surface area contributed by atoms with Gasteiger partial charge in [0.15, 0.2) is 23.3 Å². The minimum absolute atomic E-state index is 0.109. The van der Waals surface area contributed by atoms with E-state index in [-0.39, 0.29) is 24.3 Å². The number of nitrogens with zero attached hydrogens (tertiary/aromatic N) is 1. The first-order valence-corrected chi connectivity index (χ1v) is 4.95. The molecule has 0 amide bonds. The first-order chi connectivity index (χ1) is 8.08. The number of halogens is 2. The van der Waals surface area contributed by atoms with Gasteiger partial charge < -0.3 is 20.5 Å². The molecule has 0 aliphatic heterocycles. The van der Waals surface area contributed by atoms with E-state index in [1.807, 2.05) is 0 Å². The van der Waals surface area contributed by atoms with E-state index in [0.29, 0.717) is 12.7 Å². The van der Waals surface area contributed by atoms with Crippen molar-refractivity contribution in [3.05, 3.63) is 17.7 Å². The summed E-state index contributed by atoms with van der Waals surface area (Å²) in [7, 11) is 3.04. The summed E-state index contributed by atoms with van der Waals surface area (Å²) in [5, 5.41) is 2.68. The van der Waals surface area contributed by atoms with Crippen LogP contribution in [0.15, 0.2) is 6.07 Å². The molecule has 0 fully saturated rings. The van der Waals surface area contributed by atoms with Crippen LogP contribution in [0.3, 0.4) is 0 Å². The summed E-state index contributed by atoms with van der Waals surface area (Å²) in [5.74, 6) is -2.14. The Kier molecular flexibility index (Phi) is 5.05. The molecule has 1 atom stereocenters. The Morgan fingerprint density at radius 1 is 1.41 bits per heavy atom. The summed E-state index contributed by atoms with van der Waals surface area (Å²) >= 11 is 0. The van der Waals surface area contributed by atoms with Gasteiger partial charge in [0.1, 0.15) is 0 Å². The predicted molar refractivity (Wildman–Crippen MR) is 59.7 cm³/mol. The molecule has 0 saturated carbocycles. The van der Waals surface area contributed by atoms with Gasteiger partial charge in [0.25, 0.3) is 0 Å². The van der Waals surface area contributed by atoms with E-state index >= 15 is 0 Å². The molecule has 1 aromatic heterocycles. The second-order valence-corrected chi connectivity index (χ2v) is 3.38. The third-order valence-electron chi connectivity index (χ3n) is 2.14. The van der Waals surface area contributed by atoms with Gasteiger partial charge in [0.2, 0.25) is 0 Å². The highest BCUT2D eigenvalue weighted by atomic mass is 19.1. The summed E-state index contributed by atoms with van der Waals surface area (Å²) in [6.07, 6.45) is -0.257. The molecule has 0 aromatic carbocycles. The van der Waals surface area contributed by atoms with Crippen molar-refractivity contribution in [3.63, 3.8) is 0 Å². The van der Waals surface area contributed by atoms with Gasteiger partial charge in [-0.25, -0.2) is 13.8 Å². The second kappa shape index (κ2) is 6.31. The van der Waals surface area contributed by atoms with Crippen LogP contribution in [0.25, 0.3) is 0 Å². The van der Waals surface area contributed by atoms with Crippen molar-refractivity contribution in [1.82, 2.24) is 4.98 Å². The maximum Gasteiger partial charge on any atom is 0.168 e. The van der Waals surface area contributed by atoms with Gasteiger partial charge in [-0.3, -0.25) is 0 Å². The van der Waals surface area contributed by atoms with Crippen molar-refractivity contribution in [3.8, 4) is 0 Å². The molecule has 0 aliphatic carbocycles. The minimum Gasteiger partial charge on any atom is -0.382 e. The van der Waals surface area contributed by atoms with Gasteiger partial charge in [-0.15, -0.1) is 0 Å². The minimum atomic E-state index is -0.881. The van der Waals surface area contributed by atoms with Gasteiger partial charge >= 0.3 is 0 Å². The fourth-order valence-corrected chi connectivity index (χ4v) is 1.21.